The van der Waals surface area contributed by atoms with Crippen molar-refractivity contribution in [3.63, 3.8) is 0 Å². The van der Waals surface area contributed by atoms with Crippen molar-refractivity contribution in [2.75, 3.05) is 30.9 Å². The van der Waals surface area contributed by atoms with Crippen LogP contribution in [0.5, 0.6) is 0 Å². The molecule has 2 aliphatic rings. The number of anilines is 1. The van der Waals surface area contributed by atoms with E-state index in [1.165, 1.54) is 6.26 Å². The summed E-state index contributed by atoms with van der Waals surface area (Å²) in [5.74, 6) is 1.35. The second-order valence-electron chi connectivity index (χ2n) is 7.65. The Hall–Kier alpha value is -2.46. The summed E-state index contributed by atoms with van der Waals surface area (Å²) in [5.41, 5.74) is 2.23. The SMILES string of the molecule is C[C@@H]1COCCN1c1cc(C2(S(C)(=O)=O)CC2)c2cnc(-c3ccn[nH]3)n2n1. The third-order valence-electron chi connectivity index (χ3n) is 5.80. The molecule has 4 heterocycles. The Labute approximate surface area is 162 Å². The minimum atomic E-state index is -3.27. The molecule has 0 radical (unpaired) electrons. The quantitative estimate of drug-likeness (QED) is 0.703. The Morgan fingerprint density at radius 1 is 1.36 bits per heavy atom. The van der Waals surface area contributed by atoms with Crippen molar-refractivity contribution in [1.29, 1.82) is 0 Å². The molecule has 9 nitrogen and oxygen atoms in total. The van der Waals surface area contributed by atoms with Gasteiger partial charge in [0.1, 0.15) is 11.5 Å². The average Bonchev–Trinajstić information content (AvgIpc) is 3.11. The topological polar surface area (TPSA) is 105 Å². The fourth-order valence-electron chi connectivity index (χ4n) is 4.06. The van der Waals surface area contributed by atoms with Crippen LogP contribution in [0.15, 0.2) is 24.5 Å². The van der Waals surface area contributed by atoms with E-state index in [-0.39, 0.29) is 6.04 Å². The number of hydrogen-bond donors (Lipinski definition) is 1. The minimum absolute atomic E-state index is 0.152. The van der Waals surface area contributed by atoms with Crippen LogP contribution in [0, 0.1) is 0 Å². The highest BCUT2D eigenvalue weighted by molar-refractivity contribution is 7.92. The van der Waals surface area contributed by atoms with Crippen molar-refractivity contribution in [1.82, 2.24) is 24.8 Å². The van der Waals surface area contributed by atoms with Gasteiger partial charge in [0.05, 0.1) is 35.7 Å². The van der Waals surface area contributed by atoms with Crippen LogP contribution in [-0.4, -0.2) is 65.3 Å². The summed E-state index contributed by atoms with van der Waals surface area (Å²) in [5, 5.41) is 11.8. The molecule has 5 rings (SSSR count). The molecule has 3 aromatic heterocycles. The molecular weight excluding hydrogens is 380 g/mol. The molecule has 0 unspecified atom stereocenters. The molecular formula is C18H22N6O3S. The smallest absolute Gasteiger partial charge is 0.179 e. The van der Waals surface area contributed by atoms with Crippen molar-refractivity contribution in [2.24, 2.45) is 0 Å². The Morgan fingerprint density at radius 3 is 2.82 bits per heavy atom. The predicted octanol–water partition coefficient (Wildman–Crippen LogP) is 1.38. The number of hydrogen-bond acceptors (Lipinski definition) is 7. The summed E-state index contributed by atoms with van der Waals surface area (Å²) in [4.78, 5) is 6.69. The van der Waals surface area contributed by atoms with Crippen LogP contribution in [0.25, 0.3) is 17.0 Å². The van der Waals surface area contributed by atoms with Gasteiger partial charge < -0.3 is 9.64 Å². The summed E-state index contributed by atoms with van der Waals surface area (Å²) in [6, 6.07) is 3.91. The van der Waals surface area contributed by atoms with Crippen molar-refractivity contribution in [3.05, 3.63) is 30.1 Å². The molecule has 1 N–H and O–H groups in total. The van der Waals surface area contributed by atoms with Gasteiger partial charge in [-0.3, -0.25) is 5.10 Å². The van der Waals surface area contributed by atoms with Gasteiger partial charge in [-0.05, 0) is 31.9 Å². The van der Waals surface area contributed by atoms with E-state index in [1.807, 2.05) is 12.1 Å². The standard InChI is InChI=1S/C18H22N6O3S/c1-12-11-27-8-7-23(12)16-9-13(18(4-5-18)28(2,25)26)15-10-19-17(24(15)22-16)14-3-6-20-21-14/h3,6,9-10,12H,4-5,7-8,11H2,1-2H3,(H,20,21)/t12-/m1/s1. The molecule has 0 bridgehead atoms. The van der Waals surface area contributed by atoms with Gasteiger partial charge in [-0.2, -0.15) is 5.10 Å². The summed E-state index contributed by atoms with van der Waals surface area (Å²) < 4.78 is 31.7. The van der Waals surface area contributed by atoms with E-state index >= 15 is 0 Å². The number of morpholine rings is 1. The number of rotatable bonds is 4. The first-order valence-corrected chi connectivity index (χ1v) is 11.2. The van der Waals surface area contributed by atoms with Crippen LogP contribution in [-0.2, 0) is 19.3 Å². The van der Waals surface area contributed by atoms with Crippen molar-refractivity contribution < 1.29 is 13.2 Å². The van der Waals surface area contributed by atoms with Gasteiger partial charge in [0.2, 0.25) is 0 Å². The molecule has 1 saturated carbocycles. The summed E-state index contributed by atoms with van der Waals surface area (Å²) >= 11 is 0. The molecule has 1 atom stereocenters. The molecule has 0 aromatic carbocycles. The largest absolute Gasteiger partial charge is 0.377 e. The van der Waals surface area contributed by atoms with Gasteiger partial charge in [0.15, 0.2) is 15.7 Å². The number of imidazole rings is 1. The van der Waals surface area contributed by atoms with Gasteiger partial charge in [-0.1, -0.05) is 0 Å². The van der Waals surface area contributed by atoms with E-state index < -0.39 is 14.6 Å². The van der Waals surface area contributed by atoms with E-state index in [0.717, 1.165) is 22.6 Å². The van der Waals surface area contributed by atoms with Crippen LogP contribution in [0.1, 0.15) is 25.3 Å². The molecule has 1 saturated heterocycles. The van der Waals surface area contributed by atoms with E-state index in [0.29, 0.717) is 38.4 Å². The molecule has 0 amide bonds. The molecule has 28 heavy (non-hydrogen) atoms. The van der Waals surface area contributed by atoms with Gasteiger partial charge in [-0.25, -0.2) is 17.9 Å². The predicted molar refractivity (Wildman–Crippen MR) is 104 cm³/mol. The van der Waals surface area contributed by atoms with Crippen LogP contribution >= 0.6 is 0 Å². The Morgan fingerprint density at radius 2 is 2.18 bits per heavy atom. The maximum atomic E-state index is 12.6. The maximum Gasteiger partial charge on any atom is 0.179 e. The van der Waals surface area contributed by atoms with E-state index in [2.05, 4.69) is 27.0 Å². The number of nitrogens with one attached hydrogen (secondary N) is 1. The van der Waals surface area contributed by atoms with Crippen LogP contribution in [0.4, 0.5) is 5.82 Å². The number of aromatic nitrogens is 5. The minimum Gasteiger partial charge on any atom is -0.377 e. The number of ether oxygens (including phenoxy) is 1. The van der Waals surface area contributed by atoms with Crippen LogP contribution in [0.2, 0.25) is 0 Å². The summed E-state index contributed by atoms with van der Waals surface area (Å²) in [7, 11) is -3.27. The van der Waals surface area contributed by atoms with Crippen LogP contribution in [0.3, 0.4) is 0 Å². The van der Waals surface area contributed by atoms with Gasteiger partial charge in [0, 0.05) is 24.6 Å². The van der Waals surface area contributed by atoms with Gasteiger partial charge >= 0.3 is 0 Å². The van der Waals surface area contributed by atoms with Crippen molar-refractivity contribution in [3.8, 4) is 11.5 Å². The lowest BCUT2D eigenvalue weighted by Crippen LogP contribution is -2.44. The third-order valence-corrected chi connectivity index (χ3v) is 7.85. The molecule has 0 spiro atoms. The Kier molecular flexibility index (Phi) is 3.79. The van der Waals surface area contributed by atoms with E-state index in [4.69, 9.17) is 9.84 Å². The number of fused-ring (bicyclic) bond motifs is 1. The summed E-state index contributed by atoms with van der Waals surface area (Å²) in [6.07, 6.45) is 5.92. The maximum absolute atomic E-state index is 12.6. The normalized spacial score (nSPS) is 21.9. The number of nitrogens with zero attached hydrogens (tertiary/aromatic N) is 5. The van der Waals surface area contributed by atoms with Crippen molar-refractivity contribution in [2.45, 2.75) is 30.6 Å². The highest BCUT2D eigenvalue weighted by Gasteiger charge is 2.55. The zero-order chi connectivity index (χ0) is 19.5. The molecule has 1 aliphatic heterocycles. The highest BCUT2D eigenvalue weighted by Crippen LogP contribution is 2.54. The first-order valence-electron chi connectivity index (χ1n) is 9.34. The molecule has 148 valence electrons. The average molecular weight is 402 g/mol. The molecule has 1 aliphatic carbocycles. The number of sulfone groups is 1. The zero-order valence-electron chi connectivity index (χ0n) is 15.8. The Balaban J connectivity index is 1.76. The second-order valence-corrected chi connectivity index (χ2v) is 9.97. The first kappa shape index (κ1) is 17.6. The second kappa shape index (κ2) is 6.02. The first-order chi connectivity index (χ1) is 13.4. The van der Waals surface area contributed by atoms with Crippen LogP contribution < -0.4 is 4.90 Å². The highest BCUT2D eigenvalue weighted by atomic mass is 32.2. The lowest BCUT2D eigenvalue weighted by Gasteiger charge is -2.34. The van der Waals surface area contributed by atoms with Gasteiger partial charge in [0.25, 0.3) is 0 Å². The van der Waals surface area contributed by atoms with Gasteiger partial charge in [-0.15, -0.1) is 5.10 Å². The number of aromatic amines is 1. The monoisotopic (exact) mass is 402 g/mol. The third kappa shape index (κ3) is 2.55. The van der Waals surface area contributed by atoms with Crippen molar-refractivity contribution >= 4 is 21.2 Å². The number of H-pyrrole nitrogens is 1. The fraction of sp³-hybridized carbons (Fsp3) is 0.500. The summed E-state index contributed by atoms with van der Waals surface area (Å²) in [6.45, 7) is 4.02. The molecule has 3 aromatic rings. The Bertz CT molecular complexity index is 1130. The molecule has 10 heteroatoms. The lowest BCUT2D eigenvalue weighted by atomic mass is 10.1. The van der Waals surface area contributed by atoms with E-state index in [9.17, 15) is 8.42 Å². The molecule has 2 fully saturated rings. The fourth-order valence-corrected chi connectivity index (χ4v) is 5.46. The zero-order valence-corrected chi connectivity index (χ0v) is 16.6. The lowest BCUT2D eigenvalue weighted by molar-refractivity contribution is 0.0984. The van der Waals surface area contributed by atoms with E-state index in [1.54, 1.807) is 16.9 Å².